The molecule has 2 aliphatic carbocycles. The Hall–Kier alpha value is -7.20. The summed E-state index contributed by atoms with van der Waals surface area (Å²) in [7, 11) is 0. The standard InChI is InChI=1S/C55H33NOS/c1-2-13-35(14-3-1)56(37-29-30-42-41-17-6-10-23-48(41)55(49(42)33-37)46-21-8-4-15-39(46)40-16-5-9-22-47(40)55)36-27-25-34(26-28-36)38-19-12-20-43-44-31-32-51-52(54(44)58-53(38)43)45-18-7-11-24-50(45)57-51/h1-33H. The zero-order chi connectivity index (χ0) is 38.0. The molecule has 0 amide bonds. The van der Waals surface area contributed by atoms with Crippen molar-refractivity contribution < 1.29 is 4.42 Å². The first kappa shape index (κ1) is 31.9. The van der Waals surface area contributed by atoms with Crippen molar-refractivity contribution in [2.24, 2.45) is 0 Å². The molecule has 58 heavy (non-hydrogen) atoms. The number of furan rings is 1. The lowest BCUT2D eigenvalue weighted by atomic mass is 9.70. The van der Waals surface area contributed by atoms with Crippen LogP contribution in [0.3, 0.4) is 0 Å². The van der Waals surface area contributed by atoms with Gasteiger partial charge < -0.3 is 9.32 Å². The molecule has 0 saturated heterocycles. The van der Waals surface area contributed by atoms with E-state index in [0.717, 1.165) is 28.2 Å². The average Bonchev–Trinajstić information content (AvgIpc) is 4.02. The molecular weight excluding hydrogens is 723 g/mol. The van der Waals surface area contributed by atoms with Crippen LogP contribution in [0.4, 0.5) is 17.1 Å². The van der Waals surface area contributed by atoms with Gasteiger partial charge >= 0.3 is 0 Å². The molecule has 0 N–H and O–H groups in total. The van der Waals surface area contributed by atoms with Gasteiger partial charge in [-0.05, 0) is 110 Å². The van der Waals surface area contributed by atoms with Gasteiger partial charge in [0.25, 0.3) is 0 Å². The van der Waals surface area contributed by atoms with Crippen LogP contribution in [0.2, 0.25) is 0 Å². The Balaban J connectivity index is 0.976. The Morgan fingerprint density at radius 2 is 0.914 bits per heavy atom. The number of hydrogen-bond acceptors (Lipinski definition) is 3. The second kappa shape index (κ2) is 11.9. The molecule has 0 atom stereocenters. The predicted molar refractivity (Wildman–Crippen MR) is 243 cm³/mol. The van der Waals surface area contributed by atoms with Crippen molar-refractivity contribution in [3.63, 3.8) is 0 Å². The summed E-state index contributed by atoms with van der Waals surface area (Å²) in [5.41, 5.74) is 17.9. The summed E-state index contributed by atoms with van der Waals surface area (Å²) in [6.45, 7) is 0. The van der Waals surface area contributed by atoms with E-state index < -0.39 is 5.41 Å². The molecule has 0 bridgehead atoms. The highest BCUT2D eigenvalue weighted by molar-refractivity contribution is 7.27. The van der Waals surface area contributed by atoms with E-state index >= 15 is 0 Å². The highest BCUT2D eigenvalue weighted by Crippen LogP contribution is 2.63. The summed E-state index contributed by atoms with van der Waals surface area (Å²) in [4.78, 5) is 2.41. The summed E-state index contributed by atoms with van der Waals surface area (Å²) in [6.07, 6.45) is 0. The number of anilines is 3. The quantitative estimate of drug-likeness (QED) is 0.178. The first-order chi connectivity index (χ1) is 28.8. The molecular formula is C55H33NOS. The van der Waals surface area contributed by atoms with Crippen LogP contribution >= 0.6 is 11.3 Å². The Kier molecular flexibility index (Phi) is 6.56. The highest BCUT2D eigenvalue weighted by Gasteiger charge is 2.51. The second-order valence-electron chi connectivity index (χ2n) is 15.5. The smallest absolute Gasteiger partial charge is 0.136 e. The van der Waals surface area contributed by atoms with Gasteiger partial charge in [0.2, 0.25) is 0 Å². The third-order valence-electron chi connectivity index (χ3n) is 12.7. The van der Waals surface area contributed by atoms with Crippen molar-refractivity contribution in [3.05, 3.63) is 222 Å². The van der Waals surface area contributed by atoms with Crippen molar-refractivity contribution in [1.29, 1.82) is 0 Å². The van der Waals surface area contributed by atoms with Gasteiger partial charge in [0.05, 0.1) is 5.41 Å². The van der Waals surface area contributed by atoms with Gasteiger partial charge in [-0.2, -0.15) is 0 Å². The molecule has 9 aromatic carbocycles. The molecule has 2 aliphatic rings. The van der Waals surface area contributed by atoms with Gasteiger partial charge in [-0.15, -0.1) is 11.3 Å². The predicted octanol–water partition coefficient (Wildman–Crippen LogP) is 15.4. The lowest BCUT2D eigenvalue weighted by molar-refractivity contribution is 0.669. The van der Waals surface area contributed by atoms with E-state index in [1.54, 1.807) is 0 Å². The molecule has 0 saturated carbocycles. The molecule has 0 aliphatic heterocycles. The van der Waals surface area contributed by atoms with Crippen LogP contribution in [0.5, 0.6) is 0 Å². The number of nitrogens with zero attached hydrogens (tertiary/aromatic N) is 1. The number of fused-ring (bicyclic) bond motifs is 17. The van der Waals surface area contributed by atoms with Crippen LogP contribution in [-0.2, 0) is 5.41 Å². The number of para-hydroxylation sites is 2. The summed E-state index contributed by atoms with van der Waals surface area (Å²) in [5, 5.41) is 4.93. The van der Waals surface area contributed by atoms with Gasteiger partial charge in [0, 0.05) is 48.0 Å². The molecule has 1 spiro atoms. The van der Waals surface area contributed by atoms with Crippen molar-refractivity contribution in [2.75, 3.05) is 4.90 Å². The molecule has 2 aromatic heterocycles. The van der Waals surface area contributed by atoms with Gasteiger partial charge in [-0.3, -0.25) is 0 Å². The topological polar surface area (TPSA) is 16.4 Å². The monoisotopic (exact) mass is 755 g/mol. The molecule has 3 heteroatoms. The van der Waals surface area contributed by atoms with Crippen molar-refractivity contribution >= 4 is 70.5 Å². The van der Waals surface area contributed by atoms with Crippen LogP contribution in [0.1, 0.15) is 22.3 Å². The number of thiophene rings is 1. The van der Waals surface area contributed by atoms with Crippen LogP contribution in [0.15, 0.2) is 205 Å². The third kappa shape index (κ3) is 4.21. The Bertz CT molecular complexity index is 3400. The number of hydrogen-bond donors (Lipinski definition) is 0. The molecule has 2 heterocycles. The van der Waals surface area contributed by atoms with Gasteiger partial charge in [0.15, 0.2) is 0 Å². The Morgan fingerprint density at radius 1 is 0.362 bits per heavy atom. The summed E-state index contributed by atoms with van der Waals surface area (Å²) < 4.78 is 8.85. The second-order valence-corrected chi connectivity index (χ2v) is 16.6. The normalized spacial score (nSPS) is 13.3. The van der Waals surface area contributed by atoms with Crippen molar-refractivity contribution in [3.8, 4) is 33.4 Å². The molecule has 0 fully saturated rings. The van der Waals surface area contributed by atoms with Crippen LogP contribution < -0.4 is 4.90 Å². The SMILES string of the molecule is c1ccc(N(c2ccc(-c3cccc4c3sc3c4ccc4oc5ccccc5c43)cc2)c2ccc3c(c2)C2(c4ccccc4-c4ccccc42)c2ccccc2-3)cc1. The minimum atomic E-state index is -0.404. The van der Waals surface area contributed by atoms with E-state index in [1.165, 1.54) is 86.6 Å². The fourth-order valence-corrected chi connectivity index (χ4v) is 11.7. The molecule has 0 radical (unpaired) electrons. The zero-order valence-electron chi connectivity index (χ0n) is 31.3. The Labute approximate surface area is 339 Å². The number of rotatable bonds is 4. The van der Waals surface area contributed by atoms with E-state index in [2.05, 4.69) is 199 Å². The number of benzene rings is 9. The van der Waals surface area contributed by atoms with Crippen molar-refractivity contribution in [2.45, 2.75) is 5.41 Å². The van der Waals surface area contributed by atoms with Gasteiger partial charge in [0.1, 0.15) is 11.2 Å². The zero-order valence-corrected chi connectivity index (χ0v) is 32.1. The molecule has 11 aromatic rings. The fraction of sp³-hybridized carbons (Fsp3) is 0.0182. The summed E-state index contributed by atoms with van der Waals surface area (Å²) in [6, 6.07) is 73.6. The maximum atomic E-state index is 6.28. The average molecular weight is 756 g/mol. The first-order valence-corrected chi connectivity index (χ1v) is 20.7. The summed E-state index contributed by atoms with van der Waals surface area (Å²) in [5.74, 6) is 0. The Morgan fingerprint density at radius 3 is 1.64 bits per heavy atom. The molecule has 13 rings (SSSR count). The molecule has 0 unspecified atom stereocenters. The van der Waals surface area contributed by atoms with E-state index in [0.29, 0.717) is 0 Å². The highest BCUT2D eigenvalue weighted by atomic mass is 32.1. The van der Waals surface area contributed by atoms with Crippen LogP contribution in [-0.4, -0.2) is 0 Å². The molecule has 2 nitrogen and oxygen atoms in total. The van der Waals surface area contributed by atoms with E-state index in [4.69, 9.17) is 4.42 Å². The maximum absolute atomic E-state index is 6.28. The van der Waals surface area contributed by atoms with Gasteiger partial charge in [-0.25, -0.2) is 0 Å². The van der Waals surface area contributed by atoms with Crippen LogP contribution in [0, 0.1) is 0 Å². The largest absolute Gasteiger partial charge is 0.456 e. The minimum Gasteiger partial charge on any atom is -0.456 e. The van der Waals surface area contributed by atoms with Crippen molar-refractivity contribution in [1.82, 2.24) is 0 Å². The maximum Gasteiger partial charge on any atom is 0.136 e. The van der Waals surface area contributed by atoms with Gasteiger partial charge in [-0.1, -0.05) is 146 Å². The lowest BCUT2D eigenvalue weighted by Gasteiger charge is -2.32. The van der Waals surface area contributed by atoms with Crippen LogP contribution in [0.25, 0.3) is 75.5 Å². The lowest BCUT2D eigenvalue weighted by Crippen LogP contribution is -2.26. The third-order valence-corrected chi connectivity index (χ3v) is 14.0. The summed E-state index contributed by atoms with van der Waals surface area (Å²) >= 11 is 1.87. The fourth-order valence-electron chi connectivity index (χ4n) is 10.3. The first-order valence-electron chi connectivity index (χ1n) is 19.9. The van der Waals surface area contributed by atoms with E-state index in [9.17, 15) is 0 Å². The molecule has 270 valence electrons. The van der Waals surface area contributed by atoms with E-state index in [-0.39, 0.29) is 0 Å². The minimum absolute atomic E-state index is 0.404. The van der Waals surface area contributed by atoms with E-state index in [1.807, 2.05) is 17.4 Å².